The second kappa shape index (κ2) is 8.38. The summed E-state index contributed by atoms with van der Waals surface area (Å²) in [5.41, 5.74) is 0. The third-order valence-corrected chi connectivity index (χ3v) is 1.65. The molecule has 12 heavy (non-hydrogen) atoms. The van der Waals surface area contributed by atoms with Crippen LogP contribution >= 0.6 is 0 Å². The standard InChI is InChI=1S/C11H20O/c1-3-5-6-7-8-10-11(12)9-4-2/h5-6,9,12H,3-4,7-8,10H2,1-2H3/b6-5-,11-9?. The van der Waals surface area contributed by atoms with E-state index in [4.69, 9.17) is 0 Å². The minimum absolute atomic E-state index is 0.544. The Morgan fingerprint density at radius 2 is 1.92 bits per heavy atom. The van der Waals surface area contributed by atoms with Crippen LogP contribution in [0.1, 0.15) is 46.0 Å². The summed E-state index contributed by atoms with van der Waals surface area (Å²) in [5.74, 6) is 0.544. The molecule has 0 aromatic heterocycles. The lowest BCUT2D eigenvalue weighted by atomic mass is 10.2. The molecule has 70 valence electrons. The topological polar surface area (TPSA) is 20.2 Å². The SMILES string of the molecule is CCC=C(O)CCC/C=C\CC. The third-order valence-electron chi connectivity index (χ3n) is 1.65. The van der Waals surface area contributed by atoms with Gasteiger partial charge in [-0.3, -0.25) is 0 Å². The Bertz CT molecular complexity index is 145. The van der Waals surface area contributed by atoms with Gasteiger partial charge in [0.25, 0.3) is 0 Å². The quantitative estimate of drug-likeness (QED) is 0.361. The van der Waals surface area contributed by atoms with E-state index in [1.165, 1.54) is 0 Å². The van der Waals surface area contributed by atoms with Crippen LogP contribution in [0.2, 0.25) is 0 Å². The molecule has 0 bridgehead atoms. The van der Waals surface area contributed by atoms with Gasteiger partial charge in [0.15, 0.2) is 0 Å². The lowest BCUT2D eigenvalue weighted by Crippen LogP contribution is -1.80. The summed E-state index contributed by atoms with van der Waals surface area (Å²) >= 11 is 0. The molecule has 0 spiro atoms. The van der Waals surface area contributed by atoms with Crippen LogP contribution in [-0.4, -0.2) is 5.11 Å². The van der Waals surface area contributed by atoms with Crippen molar-refractivity contribution in [1.29, 1.82) is 0 Å². The van der Waals surface area contributed by atoms with Gasteiger partial charge in [-0.25, -0.2) is 0 Å². The van der Waals surface area contributed by atoms with E-state index in [2.05, 4.69) is 19.1 Å². The fourth-order valence-electron chi connectivity index (χ4n) is 1.02. The molecule has 1 heteroatoms. The third kappa shape index (κ3) is 7.39. The van der Waals surface area contributed by atoms with Crippen LogP contribution < -0.4 is 0 Å². The van der Waals surface area contributed by atoms with E-state index in [0.29, 0.717) is 5.76 Å². The number of hydrogen-bond acceptors (Lipinski definition) is 1. The van der Waals surface area contributed by atoms with Gasteiger partial charge in [0, 0.05) is 6.42 Å². The monoisotopic (exact) mass is 168 g/mol. The van der Waals surface area contributed by atoms with Gasteiger partial charge in [0.2, 0.25) is 0 Å². The highest BCUT2D eigenvalue weighted by Gasteiger charge is 1.90. The van der Waals surface area contributed by atoms with Gasteiger partial charge < -0.3 is 5.11 Å². The summed E-state index contributed by atoms with van der Waals surface area (Å²) in [6.45, 7) is 4.16. The Morgan fingerprint density at radius 1 is 1.17 bits per heavy atom. The Kier molecular flexibility index (Phi) is 7.87. The maximum Gasteiger partial charge on any atom is 0.0882 e. The lowest BCUT2D eigenvalue weighted by Gasteiger charge is -1.96. The number of aliphatic hydroxyl groups is 1. The highest BCUT2D eigenvalue weighted by atomic mass is 16.3. The first-order chi connectivity index (χ1) is 5.81. The van der Waals surface area contributed by atoms with Crippen molar-refractivity contribution < 1.29 is 5.11 Å². The van der Waals surface area contributed by atoms with Crippen LogP contribution in [-0.2, 0) is 0 Å². The van der Waals surface area contributed by atoms with Gasteiger partial charge in [-0.05, 0) is 31.8 Å². The van der Waals surface area contributed by atoms with Crippen LogP contribution in [0.5, 0.6) is 0 Å². The minimum Gasteiger partial charge on any atom is -0.513 e. The first kappa shape index (κ1) is 11.3. The number of aliphatic hydroxyl groups excluding tert-OH is 1. The molecule has 0 unspecified atom stereocenters. The van der Waals surface area contributed by atoms with Gasteiger partial charge in [0.05, 0.1) is 5.76 Å². The van der Waals surface area contributed by atoms with Crippen molar-refractivity contribution in [3.8, 4) is 0 Å². The van der Waals surface area contributed by atoms with Crippen molar-refractivity contribution in [2.75, 3.05) is 0 Å². The summed E-state index contributed by atoms with van der Waals surface area (Å²) in [6, 6.07) is 0. The maximum atomic E-state index is 9.24. The zero-order chi connectivity index (χ0) is 9.23. The molecule has 1 nitrogen and oxygen atoms in total. The smallest absolute Gasteiger partial charge is 0.0882 e. The first-order valence-electron chi connectivity index (χ1n) is 4.84. The summed E-state index contributed by atoms with van der Waals surface area (Å²) < 4.78 is 0. The van der Waals surface area contributed by atoms with Crippen molar-refractivity contribution in [2.45, 2.75) is 46.0 Å². The molecule has 0 aromatic rings. The van der Waals surface area contributed by atoms with E-state index in [9.17, 15) is 5.11 Å². The van der Waals surface area contributed by atoms with Crippen molar-refractivity contribution in [3.05, 3.63) is 24.0 Å². The van der Waals surface area contributed by atoms with Crippen LogP contribution in [0, 0.1) is 0 Å². The highest BCUT2D eigenvalue weighted by molar-refractivity contribution is 4.90. The van der Waals surface area contributed by atoms with E-state index in [0.717, 1.165) is 32.1 Å². The number of rotatable bonds is 6. The van der Waals surface area contributed by atoms with Crippen molar-refractivity contribution in [1.82, 2.24) is 0 Å². The molecular weight excluding hydrogens is 148 g/mol. The Balaban J connectivity index is 3.31. The zero-order valence-corrected chi connectivity index (χ0v) is 8.21. The van der Waals surface area contributed by atoms with Gasteiger partial charge in [0.1, 0.15) is 0 Å². The van der Waals surface area contributed by atoms with Crippen molar-refractivity contribution >= 4 is 0 Å². The number of allylic oxidation sites excluding steroid dienone is 4. The summed E-state index contributed by atoms with van der Waals surface area (Å²) in [4.78, 5) is 0. The molecule has 0 rings (SSSR count). The summed E-state index contributed by atoms with van der Waals surface area (Å²) in [7, 11) is 0. The van der Waals surface area contributed by atoms with E-state index in [-0.39, 0.29) is 0 Å². The molecule has 0 aliphatic carbocycles. The van der Waals surface area contributed by atoms with Gasteiger partial charge in [-0.15, -0.1) is 0 Å². The average molecular weight is 168 g/mol. The predicted octanol–water partition coefficient (Wildman–Crippen LogP) is 3.97. The van der Waals surface area contributed by atoms with Crippen molar-refractivity contribution in [3.63, 3.8) is 0 Å². The van der Waals surface area contributed by atoms with Gasteiger partial charge >= 0.3 is 0 Å². The molecule has 1 N–H and O–H groups in total. The molecule has 0 saturated heterocycles. The fraction of sp³-hybridized carbons (Fsp3) is 0.636. The van der Waals surface area contributed by atoms with E-state index in [1.54, 1.807) is 0 Å². The van der Waals surface area contributed by atoms with Gasteiger partial charge in [-0.1, -0.05) is 26.0 Å². The molecule has 0 aliphatic rings. The van der Waals surface area contributed by atoms with Crippen LogP contribution in [0.25, 0.3) is 0 Å². The Labute approximate surface area is 75.8 Å². The van der Waals surface area contributed by atoms with E-state index in [1.807, 2.05) is 13.0 Å². The lowest BCUT2D eigenvalue weighted by molar-refractivity contribution is 0.382. The normalized spacial score (nSPS) is 12.7. The predicted molar refractivity (Wildman–Crippen MR) is 54.3 cm³/mol. The van der Waals surface area contributed by atoms with Crippen molar-refractivity contribution in [2.24, 2.45) is 0 Å². The Morgan fingerprint density at radius 3 is 2.50 bits per heavy atom. The second-order valence-electron chi connectivity index (χ2n) is 2.88. The second-order valence-corrected chi connectivity index (χ2v) is 2.88. The maximum absolute atomic E-state index is 9.24. The largest absolute Gasteiger partial charge is 0.513 e. The summed E-state index contributed by atoms with van der Waals surface area (Å²) in [5, 5.41) is 9.24. The fourth-order valence-corrected chi connectivity index (χ4v) is 1.02. The molecule has 0 radical (unpaired) electrons. The van der Waals surface area contributed by atoms with Crippen LogP contribution in [0.4, 0.5) is 0 Å². The number of hydrogen-bond donors (Lipinski definition) is 1. The average Bonchev–Trinajstić information content (AvgIpc) is 2.05. The minimum atomic E-state index is 0.544. The van der Waals surface area contributed by atoms with Crippen LogP contribution in [0.15, 0.2) is 24.0 Å². The highest BCUT2D eigenvalue weighted by Crippen LogP contribution is 2.05. The van der Waals surface area contributed by atoms with E-state index >= 15 is 0 Å². The van der Waals surface area contributed by atoms with Crippen LogP contribution in [0.3, 0.4) is 0 Å². The molecule has 0 saturated carbocycles. The first-order valence-corrected chi connectivity index (χ1v) is 4.84. The molecule has 0 heterocycles. The van der Waals surface area contributed by atoms with E-state index < -0.39 is 0 Å². The molecular formula is C11H20O. The molecule has 0 amide bonds. The zero-order valence-electron chi connectivity index (χ0n) is 8.21. The summed E-state index contributed by atoms with van der Waals surface area (Å²) in [6.07, 6.45) is 11.2. The van der Waals surface area contributed by atoms with Gasteiger partial charge in [-0.2, -0.15) is 0 Å². The molecule has 0 aliphatic heterocycles. The Hall–Kier alpha value is -0.720. The number of unbranched alkanes of at least 4 members (excludes halogenated alkanes) is 1. The molecule has 0 aromatic carbocycles. The molecule has 0 atom stereocenters. The molecule has 0 fully saturated rings.